The summed E-state index contributed by atoms with van der Waals surface area (Å²) in [6.45, 7) is 0.434. The summed E-state index contributed by atoms with van der Waals surface area (Å²) >= 11 is 11.2. The Kier molecular flexibility index (Phi) is 4.36. The van der Waals surface area contributed by atoms with Gasteiger partial charge < -0.3 is 10.4 Å². The summed E-state index contributed by atoms with van der Waals surface area (Å²) in [6, 6.07) is 7.32. The minimum atomic E-state index is -0.527. The number of aliphatic hydroxyl groups excluding tert-OH is 1. The normalized spacial score (nSPS) is 12.5. The van der Waals surface area contributed by atoms with Crippen LogP contribution in [0.15, 0.2) is 24.3 Å². The van der Waals surface area contributed by atoms with Crippen LogP contribution in [0, 0.1) is 0 Å². The highest BCUT2D eigenvalue weighted by Gasteiger charge is 2.00. The molecule has 0 bridgehead atoms. The minimum absolute atomic E-state index is 0.230. The Morgan fingerprint density at radius 1 is 1.46 bits per heavy atom. The van der Waals surface area contributed by atoms with Crippen molar-refractivity contribution in [2.45, 2.75) is 6.10 Å². The first-order valence-corrected chi connectivity index (χ1v) is 4.87. The van der Waals surface area contributed by atoms with Crippen molar-refractivity contribution >= 4 is 28.9 Å². The van der Waals surface area contributed by atoms with Crippen LogP contribution >= 0.6 is 23.2 Å². The van der Waals surface area contributed by atoms with Crippen LogP contribution in [0.4, 0.5) is 5.69 Å². The second kappa shape index (κ2) is 5.32. The van der Waals surface area contributed by atoms with Crippen molar-refractivity contribution in [2.75, 3.05) is 17.7 Å². The zero-order valence-corrected chi connectivity index (χ0v) is 8.52. The Morgan fingerprint density at radius 2 is 2.23 bits per heavy atom. The molecule has 4 heteroatoms. The van der Waals surface area contributed by atoms with E-state index in [1.165, 1.54) is 0 Å². The summed E-state index contributed by atoms with van der Waals surface area (Å²) in [6.07, 6.45) is -0.527. The number of aliphatic hydroxyl groups is 1. The maximum atomic E-state index is 9.16. The van der Waals surface area contributed by atoms with Crippen molar-refractivity contribution in [1.29, 1.82) is 0 Å². The second-order valence-electron chi connectivity index (χ2n) is 2.70. The fraction of sp³-hybridized carbons (Fsp3) is 0.333. The molecule has 2 nitrogen and oxygen atoms in total. The molecule has 13 heavy (non-hydrogen) atoms. The molecule has 72 valence electrons. The van der Waals surface area contributed by atoms with E-state index in [1.54, 1.807) is 12.1 Å². The lowest BCUT2D eigenvalue weighted by molar-refractivity contribution is 0.211. The molecule has 0 aliphatic heterocycles. The Balaban J connectivity index is 2.45. The smallest absolute Gasteiger partial charge is 0.0847 e. The van der Waals surface area contributed by atoms with E-state index in [9.17, 15) is 0 Å². The predicted molar refractivity (Wildman–Crippen MR) is 56.7 cm³/mol. The first-order valence-electron chi connectivity index (χ1n) is 3.96. The molecule has 0 aliphatic rings. The molecule has 2 N–H and O–H groups in total. The van der Waals surface area contributed by atoms with Gasteiger partial charge in [0.25, 0.3) is 0 Å². The van der Waals surface area contributed by atoms with Gasteiger partial charge in [0.15, 0.2) is 0 Å². The zero-order valence-electron chi connectivity index (χ0n) is 7.00. The first kappa shape index (κ1) is 10.6. The number of hydrogen-bond acceptors (Lipinski definition) is 2. The molecule has 0 radical (unpaired) electrons. The SMILES string of the molecule is O[C@H](CCl)CNc1cccc(Cl)c1. The molecule has 0 aliphatic carbocycles. The molecule has 0 unspecified atom stereocenters. The van der Waals surface area contributed by atoms with E-state index in [4.69, 9.17) is 28.3 Å². The van der Waals surface area contributed by atoms with Gasteiger partial charge in [0, 0.05) is 17.3 Å². The Morgan fingerprint density at radius 3 is 2.85 bits per heavy atom. The van der Waals surface area contributed by atoms with Gasteiger partial charge >= 0.3 is 0 Å². The third kappa shape index (κ3) is 3.85. The summed E-state index contributed by atoms with van der Waals surface area (Å²) in [5, 5.41) is 12.9. The van der Waals surface area contributed by atoms with Gasteiger partial charge in [0.05, 0.1) is 12.0 Å². The molecule has 0 heterocycles. The molecule has 0 saturated carbocycles. The molecular weight excluding hydrogens is 209 g/mol. The van der Waals surface area contributed by atoms with Crippen LogP contribution in [0.3, 0.4) is 0 Å². The molecule has 0 amide bonds. The van der Waals surface area contributed by atoms with Gasteiger partial charge in [-0.3, -0.25) is 0 Å². The van der Waals surface area contributed by atoms with Gasteiger partial charge in [0.1, 0.15) is 0 Å². The quantitative estimate of drug-likeness (QED) is 0.763. The van der Waals surface area contributed by atoms with Gasteiger partial charge in [-0.2, -0.15) is 0 Å². The Labute approximate surface area is 87.5 Å². The van der Waals surface area contributed by atoms with Gasteiger partial charge in [-0.15, -0.1) is 11.6 Å². The van der Waals surface area contributed by atoms with Crippen molar-refractivity contribution in [2.24, 2.45) is 0 Å². The average Bonchev–Trinajstić information content (AvgIpc) is 2.14. The molecule has 0 spiro atoms. The van der Waals surface area contributed by atoms with E-state index < -0.39 is 6.10 Å². The van der Waals surface area contributed by atoms with Crippen LogP contribution in [-0.4, -0.2) is 23.6 Å². The highest BCUT2D eigenvalue weighted by atomic mass is 35.5. The van der Waals surface area contributed by atoms with E-state index in [-0.39, 0.29) is 5.88 Å². The molecular formula is C9H11Cl2NO. The summed E-state index contributed by atoms with van der Waals surface area (Å²) in [4.78, 5) is 0. The molecule has 0 fully saturated rings. The monoisotopic (exact) mass is 219 g/mol. The van der Waals surface area contributed by atoms with Crippen LogP contribution < -0.4 is 5.32 Å². The molecule has 0 aromatic heterocycles. The first-order chi connectivity index (χ1) is 6.22. The summed E-state index contributed by atoms with van der Waals surface area (Å²) in [7, 11) is 0. The third-order valence-electron chi connectivity index (χ3n) is 1.54. The molecule has 1 aromatic rings. The Hall–Kier alpha value is -0.440. The number of hydrogen-bond donors (Lipinski definition) is 2. The maximum Gasteiger partial charge on any atom is 0.0847 e. The van der Waals surface area contributed by atoms with Gasteiger partial charge in [0.2, 0.25) is 0 Å². The van der Waals surface area contributed by atoms with Crippen LogP contribution in [0.1, 0.15) is 0 Å². The standard InChI is InChI=1S/C9H11Cl2NO/c10-5-9(13)6-12-8-3-1-2-7(11)4-8/h1-4,9,12-13H,5-6H2/t9-/m1/s1. The van der Waals surface area contributed by atoms with Gasteiger partial charge in [-0.1, -0.05) is 17.7 Å². The predicted octanol–water partition coefficient (Wildman–Crippen LogP) is 2.35. The number of halogens is 2. The molecule has 1 rings (SSSR count). The van der Waals surface area contributed by atoms with Crippen molar-refractivity contribution < 1.29 is 5.11 Å². The third-order valence-corrected chi connectivity index (χ3v) is 2.14. The van der Waals surface area contributed by atoms with Crippen LogP contribution in [0.25, 0.3) is 0 Å². The van der Waals surface area contributed by atoms with E-state index in [0.29, 0.717) is 11.6 Å². The highest BCUT2D eigenvalue weighted by molar-refractivity contribution is 6.30. The van der Waals surface area contributed by atoms with E-state index in [0.717, 1.165) is 5.69 Å². The van der Waals surface area contributed by atoms with Crippen molar-refractivity contribution in [3.05, 3.63) is 29.3 Å². The largest absolute Gasteiger partial charge is 0.390 e. The number of rotatable bonds is 4. The van der Waals surface area contributed by atoms with Gasteiger partial charge in [-0.05, 0) is 18.2 Å². The lowest BCUT2D eigenvalue weighted by Gasteiger charge is -2.09. The maximum absolute atomic E-state index is 9.16. The topological polar surface area (TPSA) is 32.3 Å². The van der Waals surface area contributed by atoms with Crippen LogP contribution in [0.5, 0.6) is 0 Å². The van der Waals surface area contributed by atoms with E-state index in [2.05, 4.69) is 5.32 Å². The van der Waals surface area contributed by atoms with Crippen LogP contribution in [-0.2, 0) is 0 Å². The zero-order chi connectivity index (χ0) is 9.68. The highest BCUT2D eigenvalue weighted by Crippen LogP contribution is 2.14. The fourth-order valence-electron chi connectivity index (χ4n) is 0.889. The van der Waals surface area contributed by atoms with E-state index >= 15 is 0 Å². The Bertz CT molecular complexity index is 268. The summed E-state index contributed by atoms with van der Waals surface area (Å²) in [5.74, 6) is 0.230. The number of alkyl halides is 1. The molecule has 0 saturated heterocycles. The number of nitrogens with one attached hydrogen (secondary N) is 1. The van der Waals surface area contributed by atoms with E-state index in [1.807, 2.05) is 12.1 Å². The fourth-order valence-corrected chi connectivity index (χ4v) is 1.19. The number of anilines is 1. The lowest BCUT2D eigenvalue weighted by Crippen LogP contribution is -2.20. The average molecular weight is 220 g/mol. The molecule has 1 atom stereocenters. The minimum Gasteiger partial charge on any atom is -0.390 e. The van der Waals surface area contributed by atoms with Crippen LogP contribution in [0.2, 0.25) is 5.02 Å². The second-order valence-corrected chi connectivity index (χ2v) is 3.44. The molecule has 1 aromatic carbocycles. The summed E-state index contributed by atoms with van der Waals surface area (Å²) < 4.78 is 0. The summed E-state index contributed by atoms with van der Waals surface area (Å²) in [5.41, 5.74) is 0.886. The van der Waals surface area contributed by atoms with Gasteiger partial charge in [-0.25, -0.2) is 0 Å². The van der Waals surface area contributed by atoms with Crippen molar-refractivity contribution in [3.8, 4) is 0 Å². The number of benzene rings is 1. The lowest BCUT2D eigenvalue weighted by atomic mass is 10.3. The van der Waals surface area contributed by atoms with Crippen molar-refractivity contribution in [1.82, 2.24) is 0 Å². The van der Waals surface area contributed by atoms with Crippen molar-refractivity contribution in [3.63, 3.8) is 0 Å².